The second-order valence-electron chi connectivity index (χ2n) is 7.30. The predicted octanol–water partition coefficient (Wildman–Crippen LogP) is -1.63. The molecule has 23 heavy (non-hydrogen) atoms. The number of hydrogen-bond donors (Lipinski definition) is 5. The van der Waals surface area contributed by atoms with Gasteiger partial charge in [-0.1, -0.05) is 0 Å². The Kier molecular flexibility index (Phi) is 5.53. The lowest BCUT2D eigenvalue weighted by Gasteiger charge is -2.46. The number of carbonyl (C=O) groups is 1. The Morgan fingerprint density at radius 3 is 3.04 bits per heavy atom. The Hall–Kier alpha value is -0.730. The molecule has 0 saturated carbocycles. The van der Waals surface area contributed by atoms with E-state index < -0.39 is 5.60 Å². The number of nitrogens with one attached hydrogen (secondary N) is 3. The summed E-state index contributed by atoms with van der Waals surface area (Å²) >= 11 is 0. The van der Waals surface area contributed by atoms with Crippen LogP contribution in [0.3, 0.4) is 0 Å². The van der Waals surface area contributed by atoms with Gasteiger partial charge in [0.25, 0.3) is 0 Å². The third-order valence-corrected chi connectivity index (χ3v) is 5.58. The van der Waals surface area contributed by atoms with Gasteiger partial charge < -0.3 is 26.8 Å². The number of nitrogens with two attached hydrogens (primary N) is 1. The number of nitrogens with zero attached hydrogens (tertiary/aromatic N) is 1. The molecule has 3 heterocycles. The van der Waals surface area contributed by atoms with Crippen LogP contribution in [0.15, 0.2) is 0 Å². The van der Waals surface area contributed by atoms with Crippen molar-refractivity contribution in [3.63, 3.8) is 0 Å². The number of β-amino-alcohol motifs (C(OH)–C–C–N with tert-alkyl or cyclic N) is 1. The fourth-order valence-electron chi connectivity index (χ4n) is 4.35. The Balaban J connectivity index is 1.54. The fraction of sp³-hybridized carbons (Fsp3) is 0.938. The molecule has 6 N–H and O–H groups in total. The first-order valence-corrected chi connectivity index (χ1v) is 9.01. The summed E-state index contributed by atoms with van der Waals surface area (Å²) in [6, 6.07) is 1.52. The molecular weight excluding hydrogens is 294 g/mol. The van der Waals surface area contributed by atoms with Gasteiger partial charge in [0.15, 0.2) is 0 Å². The molecule has 0 aromatic rings. The van der Waals surface area contributed by atoms with E-state index in [-0.39, 0.29) is 5.91 Å². The van der Waals surface area contributed by atoms with Crippen LogP contribution in [-0.4, -0.2) is 78.9 Å². The van der Waals surface area contributed by atoms with Gasteiger partial charge >= 0.3 is 0 Å². The van der Waals surface area contributed by atoms with E-state index >= 15 is 0 Å². The van der Waals surface area contributed by atoms with E-state index in [1.54, 1.807) is 0 Å². The molecule has 0 aliphatic carbocycles. The molecule has 3 fully saturated rings. The lowest BCUT2D eigenvalue weighted by atomic mass is 9.86. The van der Waals surface area contributed by atoms with Crippen LogP contribution in [0.1, 0.15) is 32.1 Å². The van der Waals surface area contributed by atoms with Crippen LogP contribution in [0.2, 0.25) is 0 Å². The van der Waals surface area contributed by atoms with Crippen LogP contribution >= 0.6 is 0 Å². The quantitative estimate of drug-likeness (QED) is 0.416. The van der Waals surface area contributed by atoms with Crippen LogP contribution in [-0.2, 0) is 4.79 Å². The molecule has 7 heteroatoms. The zero-order valence-corrected chi connectivity index (χ0v) is 13.9. The topological polar surface area (TPSA) is 103 Å². The highest BCUT2D eigenvalue weighted by Crippen LogP contribution is 2.29. The molecule has 3 saturated heterocycles. The summed E-state index contributed by atoms with van der Waals surface area (Å²) in [5, 5.41) is 20.9. The van der Waals surface area contributed by atoms with Crippen LogP contribution in [0, 0.1) is 0 Å². The van der Waals surface area contributed by atoms with Gasteiger partial charge in [-0.25, -0.2) is 0 Å². The van der Waals surface area contributed by atoms with Crippen molar-refractivity contribution in [1.29, 1.82) is 0 Å². The van der Waals surface area contributed by atoms with Gasteiger partial charge in [-0.2, -0.15) is 0 Å². The Bertz CT molecular complexity index is 419. The van der Waals surface area contributed by atoms with Crippen molar-refractivity contribution in [3.8, 4) is 0 Å². The predicted molar refractivity (Wildman–Crippen MR) is 89.0 cm³/mol. The molecule has 3 rings (SSSR count). The number of hydrogen-bond acceptors (Lipinski definition) is 6. The highest BCUT2D eigenvalue weighted by atomic mass is 16.3. The first-order chi connectivity index (χ1) is 11.1. The normalized spacial score (nSPS) is 38.3. The maximum Gasteiger partial charge on any atom is 0.221 e. The Labute approximate surface area is 138 Å². The molecule has 0 radical (unpaired) electrons. The van der Waals surface area contributed by atoms with Crippen molar-refractivity contribution in [2.24, 2.45) is 5.73 Å². The molecule has 3 aliphatic heterocycles. The first kappa shape index (κ1) is 17.1. The summed E-state index contributed by atoms with van der Waals surface area (Å²) in [7, 11) is 0. The van der Waals surface area contributed by atoms with Crippen LogP contribution in [0.4, 0.5) is 0 Å². The van der Waals surface area contributed by atoms with Crippen LogP contribution < -0.4 is 21.7 Å². The zero-order chi connectivity index (χ0) is 16.3. The summed E-state index contributed by atoms with van der Waals surface area (Å²) in [6.45, 7) is 4.36. The van der Waals surface area contributed by atoms with Crippen LogP contribution in [0.25, 0.3) is 0 Å². The lowest BCUT2D eigenvalue weighted by molar-refractivity contribution is -0.122. The number of amides is 1. The highest BCUT2D eigenvalue weighted by molar-refractivity contribution is 5.76. The highest BCUT2D eigenvalue weighted by Gasteiger charge is 2.44. The Morgan fingerprint density at radius 2 is 2.22 bits per heavy atom. The molecule has 0 spiro atoms. The monoisotopic (exact) mass is 325 g/mol. The van der Waals surface area contributed by atoms with Gasteiger partial charge in [0, 0.05) is 50.7 Å². The molecule has 3 aliphatic rings. The zero-order valence-electron chi connectivity index (χ0n) is 13.9. The standard InChI is InChI=1S/C16H31N5O2/c17-6-3-14(22)20-10-16(23)5-9-21(11-16)13-4-8-18-12-2-1-7-19-15(12)13/h12-13,15,18-19,23H,1-11,17H2,(H,20,22). The summed E-state index contributed by atoms with van der Waals surface area (Å²) in [4.78, 5) is 14.0. The SMILES string of the molecule is NCCC(=O)NCC1(O)CCN(C2CCNC3CCCNC32)C1. The molecule has 0 bridgehead atoms. The molecule has 4 atom stereocenters. The summed E-state index contributed by atoms with van der Waals surface area (Å²) < 4.78 is 0. The second-order valence-corrected chi connectivity index (χ2v) is 7.30. The van der Waals surface area contributed by atoms with Gasteiger partial charge in [-0.3, -0.25) is 9.69 Å². The lowest BCUT2D eigenvalue weighted by Crippen LogP contribution is -2.65. The second kappa shape index (κ2) is 7.44. The summed E-state index contributed by atoms with van der Waals surface area (Å²) in [5.41, 5.74) is 4.58. The van der Waals surface area contributed by atoms with Gasteiger partial charge in [-0.05, 0) is 38.8 Å². The van der Waals surface area contributed by atoms with Gasteiger partial charge in [0.2, 0.25) is 5.91 Å². The molecule has 1 amide bonds. The van der Waals surface area contributed by atoms with E-state index in [1.165, 1.54) is 12.8 Å². The minimum Gasteiger partial charge on any atom is -0.387 e. The fourth-order valence-corrected chi connectivity index (χ4v) is 4.35. The van der Waals surface area contributed by atoms with Crippen molar-refractivity contribution in [2.45, 2.75) is 55.8 Å². The third-order valence-electron chi connectivity index (χ3n) is 5.58. The van der Waals surface area contributed by atoms with E-state index in [0.717, 1.165) is 32.5 Å². The maximum atomic E-state index is 11.6. The van der Waals surface area contributed by atoms with Gasteiger partial charge in [0.05, 0.1) is 5.60 Å². The van der Waals surface area contributed by atoms with Crippen molar-refractivity contribution in [2.75, 3.05) is 39.3 Å². The number of rotatable bonds is 5. The van der Waals surface area contributed by atoms with Crippen molar-refractivity contribution in [3.05, 3.63) is 0 Å². The van der Waals surface area contributed by atoms with Gasteiger partial charge in [-0.15, -0.1) is 0 Å². The first-order valence-electron chi connectivity index (χ1n) is 9.01. The molecule has 7 nitrogen and oxygen atoms in total. The minimum absolute atomic E-state index is 0.0738. The number of piperidine rings is 2. The number of carbonyl (C=O) groups excluding carboxylic acids is 1. The maximum absolute atomic E-state index is 11.6. The smallest absolute Gasteiger partial charge is 0.221 e. The average Bonchev–Trinajstić information content (AvgIpc) is 2.95. The van der Waals surface area contributed by atoms with E-state index in [9.17, 15) is 9.90 Å². The van der Waals surface area contributed by atoms with E-state index in [4.69, 9.17) is 5.73 Å². The molecule has 0 aromatic heterocycles. The van der Waals surface area contributed by atoms with E-state index in [2.05, 4.69) is 20.9 Å². The van der Waals surface area contributed by atoms with Crippen molar-refractivity contribution in [1.82, 2.24) is 20.9 Å². The Morgan fingerprint density at radius 1 is 1.35 bits per heavy atom. The summed E-state index contributed by atoms with van der Waals surface area (Å²) in [5.74, 6) is -0.0738. The number of likely N-dealkylation sites (tertiary alicyclic amines) is 1. The van der Waals surface area contributed by atoms with Crippen molar-refractivity contribution < 1.29 is 9.90 Å². The molecule has 4 unspecified atom stereocenters. The average molecular weight is 325 g/mol. The summed E-state index contributed by atoms with van der Waals surface area (Å²) in [6.07, 6.45) is 4.63. The number of fused-ring (bicyclic) bond motifs is 1. The molecule has 132 valence electrons. The molecular formula is C16H31N5O2. The third kappa shape index (κ3) is 4.03. The van der Waals surface area contributed by atoms with E-state index in [0.29, 0.717) is 44.2 Å². The van der Waals surface area contributed by atoms with Gasteiger partial charge in [0.1, 0.15) is 0 Å². The number of aliphatic hydroxyl groups is 1. The van der Waals surface area contributed by atoms with Crippen molar-refractivity contribution >= 4 is 5.91 Å². The van der Waals surface area contributed by atoms with E-state index in [1.807, 2.05) is 0 Å². The largest absolute Gasteiger partial charge is 0.387 e. The van der Waals surface area contributed by atoms with Crippen LogP contribution in [0.5, 0.6) is 0 Å². The minimum atomic E-state index is -0.806. The molecule has 0 aromatic carbocycles.